The zero-order chi connectivity index (χ0) is 11.6. The van der Waals surface area contributed by atoms with E-state index in [0.717, 1.165) is 12.1 Å². The van der Waals surface area contributed by atoms with E-state index in [1.165, 1.54) is 25.0 Å². The molecule has 0 saturated heterocycles. The molecule has 0 unspecified atom stereocenters. The first-order chi connectivity index (χ1) is 7.65. The fraction of sp³-hybridized carbons (Fsp3) is 0.500. The van der Waals surface area contributed by atoms with Crippen LogP contribution >= 0.6 is 11.8 Å². The van der Waals surface area contributed by atoms with Crippen LogP contribution < -0.4 is 5.32 Å². The molecule has 0 bridgehead atoms. The first-order valence-corrected chi connectivity index (χ1v) is 6.61. The molecule has 0 atom stereocenters. The highest BCUT2D eigenvalue weighted by Gasteiger charge is 2.41. The molecular weight excluding hydrogens is 225 g/mol. The van der Waals surface area contributed by atoms with Gasteiger partial charge in [-0.3, -0.25) is 0 Å². The molecule has 4 heteroatoms. The number of halogens is 1. The minimum absolute atomic E-state index is 0.286. The Morgan fingerprint density at radius 3 is 2.81 bits per heavy atom. The van der Waals surface area contributed by atoms with Crippen molar-refractivity contribution in [3.63, 3.8) is 0 Å². The van der Waals surface area contributed by atoms with Gasteiger partial charge in [0.05, 0.1) is 0 Å². The maximum absolute atomic E-state index is 13.0. The van der Waals surface area contributed by atoms with Crippen LogP contribution in [0.2, 0.25) is 0 Å². The van der Waals surface area contributed by atoms with Crippen LogP contribution in [0.3, 0.4) is 0 Å². The van der Waals surface area contributed by atoms with Gasteiger partial charge < -0.3 is 10.4 Å². The van der Waals surface area contributed by atoms with E-state index in [1.54, 1.807) is 6.07 Å². The Morgan fingerprint density at radius 1 is 1.50 bits per heavy atom. The van der Waals surface area contributed by atoms with Gasteiger partial charge in [-0.2, -0.15) is 11.8 Å². The Labute approximate surface area is 99.2 Å². The van der Waals surface area contributed by atoms with Crippen LogP contribution in [-0.4, -0.2) is 22.7 Å². The summed E-state index contributed by atoms with van der Waals surface area (Å²) in [5.74, 6) is -0.836. The Kier molecular flexibility index (Phi) is 3.40. The molecule has 1 aliphatic rings. The van der Waals surface area contributed by atoms with Crippen molar-refractivity contribution in [3.8, 4) is 5.75 Å². The Bertz CT molecular complexity index is 379. The molecule has 0 amide bonds. The summed E-state index contributed by atoms with van der Waals surface area (Å²) in [5, 5.41) is 12.4. The molecule has 1 fully saturated rings. The number of nitrogens with one attached hydrogen (secondary N) is 1. The second kappa shape index (κ2) is 4.63. The number of thioether (sulfide) groups is 1. The van der Waals surface area contributed by atoms with Gasteiger partial charge in [0.25, 0.3) is 0 Å². The number of phenolic OH excluding ortho intramolecular Hbond substituents is 1. The van der Waals surface area contributed by atoms with Gasteiger partial charge in [-0.25, -0.2) is 4.39 Å². The number of hydrogen-bond acceptors (Lipinski definition) is 3. The zero-order valence-corrected chi connectivity index (χ0v) is 10.1. The number of rotatable bonds is 5. The zero-order valence-electron chi connectivity index (χ0n) is 9.29. The Morgan fingerprint density at radius 2 is 2.25 bits per heavy atom. The summed E-state index contributed by atoms with van der Waals surface area (Å²) in [4.78, 5) is 0. The summed E-state index contributed by atoms with van der Waals surface area (Å²) in [6.45, 7) is 1.62. The standard InChI is InChI=1S/C12H16FNOS/c1-16-12(4-5-12)8-14-7-9-2-3-11(15)10(13)6-9/h2-3,6,14-15H,4-5,7-8H2,1H3. The van der Waals surface area contributed by atoms with Crippen molar-refractivity contribution in [2.45, 2.75) is 24.1 Å². The highest BCUT2D eigenvalue weighted by Crippen LogP contribution is 2.46. The molecule has 88 valence electrons. The van der Waals surface area contributed by atoms with Gasteiger partial charge in [-0.05, 0) is 36.8 Å². The minimum atomic E-state index is -0.551. The largest absolute Gasteiger partial charge is 0.505 e. The van der Waals surface area contributed by atoms with Gasteiger partial charge >= 0.3 is 0 Å². The quantitative estimate of drug-likeness (QED) is 0.831. The van der Waals surface area contributed by atoms with Crippen molar-refractivity contribution in [1.29, 1.82) is 0 Å². The first kappa shape index (κ1) is 11.7. The van der Waals surface area contributed by atoms with E-state index in [2.05, 4.69) is 11.6 Å². The summed E-state index contributed by atoms with van der Waals surface area (Å²) in [6, 6.07) is 4.51. The van der Waals surface area contributed by atoms with Crippen LogP contribution in [0.1, 0.15) is 18.4 Å². The van der Waals surface area contributed by atoms with Crippen molar-refractivity contribution in [2.24, 2.45) is 0 Å². The molecule has 16 heavy (non-hydrogen) atoms. The predicted octanol–water partition coefficient (Wildman–Crippen LogP) is 2.52. The van der Waals surface area contributed by atoms with E-state index in [-0.39, 0.29) is 5.75 Å². The summed E-state index contributed by atoms with van der Waals surface area (Å²) in [7, 11) is 0. The fourth-order valence-electron chi connectivity index (χ4n) is 1.69. The maximum Gasteiger partial charge on any atom is 0.165 e. The van der Waals surface area contributed by atoms with Gasteiger partial charge in [0.2, 0.25) is 0 Å². The van der Waals surface area contributed by atoms with Crippen molar-refractivity contribution in [2.75, 3.05) is 12.8 Å². The van der Waals surface area contributed by atoms with Crippen molar-refractivity contribution < 1.29 is 9.50 Å². The highest BCUT2D eigenvalue weighted by atomic mass is 32.2. The normalized spacial score (nSPS) is 17.4. The first-order valence-electron chi connectivity index (χ1n) is 5.38. The van der Waals surface area contributed by atoms with Crippen molar-refractivity contribution in [1.82, 2.24) is 5.32 Å². The molecule has 2 nitrogen and oxygen atoms in total. The second-order valence-electron chi connectivity index (χ2n) is 4.28. The highest BCUT2D eigenvalue weighted by molar-refractivity contribution is 8.00. The number of phenols is 1. The van der Waals surface area contributed by atoms with Gasteiger partial charge in [0, 0.05) is 17.8 Å². The third-order valence-corrected chi connectivity index (χ3v) is 4.45. The Hall–Kier alpha value is -0.740. The number of benzene rings is 1. The van der Waals surface area contributed by atoms with Gasteiger partial charge in [0.1, 0.15) is 0 Å². The lowest BCUT2D eigenvalue weighted by atomic mass is 10.2. The molecular formula is C12H16FNOS. The fourth-order valence-corrected chi connectivity index (χ4v) is 2.44. The van der Waals surface area contributed by atoms with Crippen molar-refractivity contribution >= 4 is 11.8 Å². The van der Waals surface area contributed by atoms with E-state index < -0.39 is 5.82 Å². The summed E-state index contributed by atoms with van der Waals surface area (Å²) < 4.78 is 13.5. The van der Waals surface area contributed by atoms with Gasteiger partial charge in [-0.1, -0.05) is 6.07 Å². The van der Waals surface area contributed by atoms with E-state index in [9.17, 15) is 4.39 Å². The molecule has 2 rings (SSSR count). The predicted molar refractivity (Wildman–Crippen MR) is 65.3 cm³/mol. The molecule has 0 spiro atoms. The molecule has 1 aromatic carbocycles. The molecule has 2 N–H and O–H groups in total. The van der Waals surface area contributed by atoms with E-state index in [4.69, 9.17) is 5.11 Å². The van der Waals surface area contributed by atoms with E-state index in [0.29, 0.717) is 11.3 Å². The topological polar surface area (TPSA) is 32.3 Å². The number of aromatic hydroxyl groups is 1. The van der Waals surface area contributed by atoms with E-state index >= 15 is 0 Å². The van der Waals surface area contributed by atoms with Crippen LogP contribution in [0.4, 0.5) is 4.39 Å². The van der Waals surface area contributed by atoms with Crippen LogP contribution in [0.5, 0.6) is 5.75 Å². The average molecular weight is 241 g/mol. The van der Waals surface area contributed by atoms with E-state index in [1.807, 2.05) is 11.8 Å². The van der Waals surface area contributed by atoms with Crippen LogP contribution in [-0.2, 0) is 6.54 Å². The third-order valence-electron chi connectivity index (χ3n) is 3.03. The molecule has 1 aromatic rings. The lowest BCUT2D eigenvalue weighted by Gasteiger charge is -2.13. The van der Waals surface area contributed by atoms with Gasteiger partial charge in [-0.15, -0.1) is 0 Å². The molecule has 0 aliphatic heterocycles. The maximum atomic E-state index is 13.0. The van der Waals surface area contributed by atoms with Crippen LogP contribution in [0.25, 0.3) is 0 Å². The third kappa shape index (κ3) is 2.68. The SMILES string of the molecule is CSC1(CNCc2ccc(O)c(F)c2)CC1. The number of hydrogen-bond donors (Lipinski definition) is 2. The van der Waals surface area contributed by atoms with Crippen molar-refractivity contribution in [3.05, 3.63) is 29.6 Å². The van der Waals surface area contributed by atoms with Crippen LogP contribution in [0.15, 0.2) is 18.2 Å². The van der Waals surface area contributed by atoms with Crippen LogP contribution in [0, 0.1) is 5.82 Å². The lowest BCUT2D eigenvalue weighted by Crippen LogP contribution is -2.25. The molecule has 0 heterocycles. The molecule has 1 aliphatic carbocycles. The lowest BCUT2D eigenvalue weighted by molar-refractivity contribution is 0.431. The molecule has 1 saturated carbocycles. The smallest absolute Gasteiger partial charge is 0.165 e. The second-order valence-corrected chi connectivity index (χ2v) is 5.55. The summed E-state index contributed by atoms with van der Waals surface area (Å²) in [5.41, 5.74) is 0.868. The minimum Gasteiger partial charge on any atom is -0.505 e. The summed E-state index contributed by atoms with van der Waals surface area (Å²) in [6.07, 6.45) is 4.67. The monoisotopic (exact) mass is 241 g/mol. The Balaban J connectivity index is 1.83. The van der Waals surface area contributed by atoms with Gasteiger partial charge in [0.15, 0.2) is 11.6 Å². The molecule has 0 radical (unpaired) electrons. The average Bonchev–Trinajstić information content (AvgIpc) is 3.04. The molecule has 0 aromatic heterocycles. The summed E-state index contributed by atoms with van der Waals surface area (Å²) >= 11 is 1.90.